The summed E-state index contributed by atoms with van der Waals surface area (Å²) in [5.74, 6) is -1.47. The fourth-order valence-electron chi connectivity index (χ4n) is 1.51. The van der Waals surface area contributed by atoms with Crippen molar-refractivity contribution in [1.29, 1.82) is 0 Å². The second kappa shape index (κ2) is 5.70. The topological polar surface area (TPSA) is 68.0 Å². The number of carboxylic acids is 1. The van der Waals surface area contributed by atoms with E-state index < -0.39 is 11.8 Å². The number of hydrogen-bond acceptors (Lipinski definition) is 4. The standard InChI is InChI=1S/C11H9BrFN3O2S/c1-6-2-7(12)8(13)3-9(6)16-5-14-15-11(16)19-4-10(17)18/h2-3,5H,4H2,1H3,(H,17,18). The van der Waals surface area contributed by atoms with Crippen LogP contribution in [0.3, 0.4) is 0 Å². The van der Waals surface area contributed by atoms with Crippen LogP contribution in [0.25, 0.3) is 5.69 Å². The lowest BCUT2D eigenvalue weighted by atomic mass is 10.2. The summed E-state index contributed by atoms with van der Waals surface area (Å²) in [6, 6.07) is 3.00. The van der Waals surface area contributed by atoms with Crippen LogP contribution in [0.15, 0.2) is 28.1 Å². The third-order valence-electron chi connectivity index (χ3n) is 2.34. The number of aromatic nitrogens is 3. The average Bonchev–Trinajstić information content (AvgIpc) is 2.79. The highest BCUT2D eigenvalue weighted by Crippen LogP contribution is 2.26. The van der Waals surface area contributed by atoms with Gasteiger partial charge < -0.3 is 5.11 Å². The van der Waals surface area contributed by atoms with Crippen molar-refractivity contribution in [3.05, 3.63) is 34.3 Å². The average molecular weight is 346 g/mol. The molecule has 0 radical (unpaired) electrons. The molecule has 0 fully saturated rings. The van der Waals surface area contributed by atoms with Crippen molar-refractivity contribution in [2.24, 2.45) is 0 Å². The Morgan fingerprint density at radius 2 is 2.32 bits per heavy atom. The van der Waals surface area contributed by atoms with Gasteiger partial charge in [-0.15, -0.1) is 10.2 Å². The minimum Gasteiger partial charge on any atom is -0.481 e. The minimum absolute atomic E-state index is 0.128. The largest absolute Gasteiger partial charge is 0.481 e. The second-order valence-corrected chi connectivity index (χ2v) is 5.52. The SMILES string of the molecule is Cc1cc(Br)c(F)cc1-n1cnnc1SCC(=O)O. The molecule has 0 atom stereocenters. The Bertz CT molecular complexity index is 632. The summed E-state index contributed by atoms with van der Waals surface area (Å²) in [5, 5.41) is 16.6. The summed E-state index contributed by atoms with van der Waals surface area (Å²) < 4.78 is 15.5. The van der Waals surface area contributed by atoms with Gasteiger partial charge in [0.15, 0.2) is 5.16 Å². The van der Waals surface area contributed by atoms with Gasteiger partial charge in [0, 0.05) is 0 Å². The highest BCUT2D eigenvalue weighted by molar-refractivity contribution is 9.10. The van der Waals surface area contributed by atoms with Crippen LogP contribution < -0.4 is 0 Å². The number of carboxylic acid groups (broad SMARTS) is 1. The number of aliphatic carboxylic acids is 1. The Morgan fingerprint density at radius 3 is 3.00 bits per heavy atom. The molecule has 0 saturated heterocycles. The third-order valence-corrected chi connectivity index (χ3v) is 3.88. The maximum atomic E-state index is 13.6. The Kier molecular flexibility index (Phi) is 4.20. The van der Waals surface area contributed by atoms with E-state index in [1.165, 1.54) is 12.4 Å². The molecule has 100 valence electrons. The molecule has 0 aliphatic rings. The van der Waals surface area contributed by atoms with Crippen LogP contribution in [0.5, 0.6) is 0 Å². The van der Waals surface area contributed by atoms with E-state index in [9.17, 15) is 9.18 Å². The molecular weight excluding hydrogens is 337 g/mol. The molecule has 2 aromatic rings. The fraction of sp³-hybridized carbons (Fsp3) is 0.182. The molecule has 0 unspecified atom stereocenters. The van der Waals surface area contributed by atoms with E-state index in [4.69, 9.17) is 5.11 Å². The van der Waals surface area contributed by atoms with E-state index in [-0.39, 0.29) is 5.75 Å². The first-order valence-electron chi connectivity index (χ1n) is 5.19. The Labute approximate surface area is 121 Å². The van der Waals surface area contributed by atoms with Gasteiger partial charge in [-0.25, -0.2) is 4.39 Å². The van der Waals surface area contributed by atoms with Crippen molar-refractivity contribution in [3.8, 4) is 5.69 Å². The molecule has 1 aromatic carbocycles. The highest BCUT2D eigenvalue weighted by Gasteiger charge is 2.13. The predicted molar refractivity (Wildman–Crippen MR) is 72.1 cm³/mol. The Hall–Kier alpha value is -1.41. The van der Waals surface area contributed by atoms with E-state index in [0.29, 0.717) is 15.3 Å². The number of halogens is 2. The summed E-state index contributed by atoms with van der Waals surface area (Å²) in [6.07, 6.45) is 1.43. The van der Waals surface area contributed by atoms with E-state index in [2.05, 4.69) is 26.1 Å². The summed E-state index contributed by atoms with van der Waals surface area (Å²) in [5.41, 5.74) is 1.41. The molecule has 0 aliphatic carbocycles. The highest BCUT2D eigenvalue weighted by atomic mass is 79.9. The fourth-order valence-corrected chi connectivity index (χ4v) is 2.61. The van der Waals surface area contributed by atoms with E-state index in [1.54, 1.807) is 10.6 Å². The molecule has 1 aromatic heterocycles. The summed E-state index contributed by atoms with van der Waals surface area (Å²) in [4.78, 5) is 10.6. The summed E-state index contributed by atoms with van der Waals surface area (Å²) in [6.45, 7) is 1.82. The molecule has 2 rings (SSSR count). The smallest absolute Gasteiger partial charge is 0.313 e. The van der Waals surface area contributed by atoms with Crippen molar-refractivity contribution in [2.45, 2.75) is 12.1 Å². The molecule has 5 nitrogen and oxygen atoms in total. The number of aryl methyl sites for hydroxylation is 1. The van der Waals surface area contributed by atoms with Crippen molar-refractivity contribution in [2.75, 3.05) is 5.75 Å². The molecule has 1 N–H and O–H groups in total. The van der Waals surface area contributed by atoms with Gasteiger partial charge in [-0.05, 0) is 40.5 Å². The van der Waals surface area contributed by atoms with Gasteiger partial charge in [0.05, 0.1) is 15.9 Å². The van der Waals surface area contributed by atoms with Gasteiger partial charge in [-0.3, -0.25) is 9.36 Å². The molecule has 8 heteroatoms. The predicted octanol–water partition coefficient (Wildman–Crippen LogP) is 2.65. The number of carbonyl (C=O) groups is 1. The number of rotatable bonds is 4. The Morgan fingerprint density at radius 1 is 1.58 bits per heavy atom. The zero-order chi connectivity index (χ0) is 14.0. The Balaban J connectivity index is 2.40. The first-order chi connectivity index (χ1) is 8.99. The lowest BCUT2D eigenvalue weighted by molar-refractivity contribution is -0.133. The van der Waals surface area contributed by atoms with Crippen molar-refractivity contribution < 1.29 is 14.3 Å². The van der Waals surface area contributed by atoms with E-state index in [0.717, 1.165) is 17.3 Å². The molecule has 1 heterocycles. The molecule has 0 aliphatic heterocycles. The van der Waals surface area contributed by atoms with Crippen LogP contribution in [0.4, 0.5) is 4.39 Å². The molecule has 0 bridgehead atoms. The summed E-state index contributed by atoms with van der Waals surface area (Å²) >= 11 is 4.14. The van der Waals surface area contributed by atoms with Gasteiger partial charge >= 0.3 is 5.97 Å². The van der Waals surface area contributed by atoms with Crippen molar-refractivity contribution in [3.63, 3.8) is 0 Å². The maximum Gasteiger partial charge on any atom is 0.313 e. The molecule has 19 heavy (non-hydrogen) atoms. The van der Waals surface area contributed by atoms with Crippen LogP contribution in [-0.4, -0.2) is 31.6 Å². The first-order valence-corrected chi connectivity index (χ1v) is 6.97. The number of thioether (sulfide) groups is 1. The molecule has 0 spiro atoms. The van der Waals surface area contributed by atoms with E-state index in [1.807, 2.05) is 6.92 Å². The van der Waals surface area contributed by atoms with Crippen LogP contribution in [0, 0.1) is 12.7 Å². The lowest BCUT2D eigenvalue weighted by Crippen LogP contribution is -2.03. The third kappa shape index (κ3) is 3.13. The van der Waals surface area contributed by atoms with Gasteiger partial charge in [-0.2, -0.15) is 0 Å². The van der Waals surface area contributed by atoms with Crippen LogP contribution in [-0.2, 0) is 4.79 Å². The zero-order valence-electron chi connectivity index (χ0n) is 9.80. The summed E-state index contributed by atoms with van der Waals surface area (Å²) in [7, 11) is 0. The number of hydrogen-bond donors (Lipinski definition) is 1. The van der Waals surface area contributed by atoms with Crippen LogP contribution in [0.2, 0.25) is 0 Å². The zero-order valence-corrected chi connectivity index (χ0v) is 12.2. The van der Waals surface area contributed by atoms with Gasteiger partial charge in [0.25, 0.3) is 0 Å². The van der Waals surface area contributed by atoms with Crippen molar-refractivity contribution >= 4 is 33.7 Å². The van der Waals surface area contributed by atoms with Gasteiger partial charge in [0.1, 0.15) is 12.1 Å². The van der Waals surface area contributed by atoms with E-state index >= 15 is 0 Å². The molecule has 0 saturated carbocycles. The lowest BCUT2D eigenvalue weighted by Gasteiger charge is -2.10. The van der Waals surface area contributed by atoms with Gasteiger partial charge in [-0.1, -0.05) is 11.8 Å². The van der Waals surface area contributed by atoms with Gasteiger partial charge in [0.2, 0.25) is 0 Å². The van der Waals surface area contributed by atoms with Crippen molar-refractivity contribution in [1.82, 2.24) is 14.8 Å². The molecular formula is C11H9BrFN3O2S. The number of nitrogens with zero attached hydrogens (tertiary/aromatic N) is 3. The van der Waals surface area contributed by atoms with Crippen LogP contribution in [0.1, 0.15) is 5.56 Å². The maximum absolute atomic E-state index is 13.6. The normalized spacial score (nSPS) is 10.7. The van der Waals surface area contributed by atoms with Crippen LogP contribution >= 0.6 is 27.7 Å². The molecule has 0 amide bonds. The second-order valence-electron chi connectivity index (χ2n) is 3.72. The number of benzene rings is 1. The quantitative estimate of drug-likeness (QED) is 0.862. The minimum atomic E-state index is -0.946. The monoisotopic (exact) mass is 345 g/mol. The first kappa shape index (κ1) is 14.0.